The number of benzene rings is 1. The summed E-state index contributed by atoms with van der Waals surface area (Å²) in [6, 6.07) is 5.11. The molecule has 1 rings (SSSR count). The van der Waals surface area contributed by atoms with E-state index in [0.29, 0.717) is 0 Å². The summed E-state index contributed by atoms with van der Waals surface area (Å²) < 4.78 is 4.72. The number of carbonyl (C=O) groups is 1. The molecule has 0 heterocycles. The van der Waals surface area contributed by atoms with Crippen molar-refractivity contribution in [2.75, 3.05) is 6.61 Å². The topological polar surface area (TPSA) is 89.7 Å². The first-order valence-corrected chi connectivity index (χ1v) is 5.04. The first kappa shape index (κ1) is 13.1. The van der Waals surface area contributed by atoms with Crippen LogP contribution in [0.2, 0.25) is 0 Å². The first-order valence-electron chi connectivity index (χ1n) is 5.04. The Morgan fingerprint density at radius 3 is 2.41 bits per heavy atom. The molecule has 1 aromatic carbocycles. The molecule has 1 atom stereocenters. The number of nitro groups is 1. The summed E-state index contributed by atoms with van der Waals surface area (Å²) in [5.41, 5.74) is -1.65. The van der Waals surface area contributed by atoms with Crippen molar-refractivity contribution in [2.45, 2.75) is 19.4 Å². The van der Waals surface area contributed by atoms with Gasteiger partial charge >= 0.3 is 5.97 Å². The maximum Gasteiger partial charge on any atom is 0.342 e. The summed E-state index contributed by atoms with van der Waals surface area (Å²) in [4.78, 5) is 21.4. The molecule has 6 heteroatoms. The molecule has 0 bridgehead atoms. The maximum absolute atomic E-state index is 11.5. The van der Waals surface area contributed by atoms with Crippen LogP contribution in [0.5, 0.6) is 0 Å². The number of nitrogens with zero attached hydrogens (tertiary/aromatic N) is 1. The number of aliphatic hydroxyl groups is 1. The van der Waals surface area contributed by atoms with Gasteiger partial charge in [-0.3, -0.25) is 10.1 Å². The highest BCUT2D eigenvalue weighted by Gasteiger charge is 2.34. The molecule has 1 N–H and O–H groups in total. The van der Waals surface area contributed by atoms with Gasteiger partial charge < -0.3 is 9.84 Å². The molecular formula is C11H13NO5. The Morgan fingerprint density at radius 1 is 1.47 bits per heavy atom. The summed E-state index contributed by atoms with van der Waals surface area (Å²) in [6.07, 6.45) is 0. The zero-order chi connectivity index (χ0) is 13.1. The van der Waals surface area contributed by atoms with Crippen molar-refractivity contribution in [2.24, 2.45) is 0 Å². The number of hydrogen-bond donors (Lipinski definition) is 1. The van der Waals surface area contributed by atoms with Crippen LogP contribution in [0.4, 0.5) is 5.69 Å². The smallest absolute Gasteiger partial charge is 0.342 e. The molecule has 0 amide bonds. The Balaban J connectivity index is 2.99. The molecule has 0 radical (unpaired) electrons. The van der Waals surface area contributed by atoms with Gasteiger partial charge in [-0.05, 0) is 31.5 Å². The fourth-order valence-electron chi connectivity index (χ4n) is 1.30. The standard InChI is InChI=1S/C11H13NO5/c1-3-17-10(13)11(2,14)8-4-6-9(7-5-8)12(15)16/h4-7,14H,3H2,1-2H3/t11-/m0/s1. The minimum Gasteiger partial charge on any atom is -0.464 e. The van der Waals surface area contributed by atoms with Gasteiger partial charge in [0.25, 0.3) is 5.69 Å². The maximum atomic E-state index is 11.5. The lowest BCUT2D eigenvalue weighted by Gasteiger charge is -2.21. The van der Waals surface area contributed by atoms with E-state index in [9.17, 15) is 20.0 Å². The number of esters is 1. The fraction of sp³-hybridized carbons (Fsp3) is 0.364. The van der Waals surface area contributed by atoms with Crippen LogP contribution < -0.4 is 0 Å². The summed E-state index contributed by atoms with van der Waals surface area (Å²) in [6.45, 7) is 3.07. The van der Waals surface area contributed by atoms with Crippen molar-refractivity contribution in [1.82, 2.24) is 0 Å². The van der Waals surface area contributed by atoms with Crippen molar-refractivity contribution in [3.05, 3.63) is 39.9 Å². The van der Waals surface area contributed by atoms with Crippen LogP contribution in [-0.4, -0.2) is 22.6 Å². The van der Waals surface area contributed by atoms with E-state index in [4.69, 9.17) is 4.74 Å². The molecule has 0 saturated carbocycles. The van der Waals surface area contributed by atoms with Crippen molar-refractivity contribution in [3.63, 3.8) is 0 Å². The molecule has 0 aliphatic carbocycles. The first-order chi connectivity index (χ1) is 7.89. The van der Waals surface area contributed by atoms with E-state index in [1.165, 1.54) is 31.2 Å². The highest BCUT2D eigenvalue weighted by molar-refractivity contribution is 5.80. The summed E-state index contributed by atoms with van der Waals surface area (Å²) in [5, 5.41) is 20.4. The van der Waals surface area contributed by atoms with Gasteiger partial charge in [0, 0.05) is 12.1 Å². The summed E-state index contributed by atoms with van der Waals surface area (Å²) in [7, 11) is 0. The highest BCUT2D eigenvalue weighted by Crippen LogP contribution is 2.24. The van der Waals surface area contributed by atoms with E-state index in [0.717, 1.165) is 0 Å². The minimum atomic E-state index is -1.80. The van der Waals surface area contributed by atoms with E-state index in [-0.39, 0.29) is 17.9 Å². The van der Waals surface area contributed by atoms with Crippen molar-refractivity contribution < 1.29 is 19.6 Å². The lowest BCUT2D eigenvalue weighted by atomic mass is 9.96. The van der Waals surface area contributed by atoms with E-state index < -0.39 is 16.5 Å². The molecule has 0 saturated heterocycles. The molecule has 0 fully saturated rings. The van der Waals surface area contributed by atoms with Crippen LogP contribution in [0.3, 0.4) is 0 Å². The minimum absolute atomic E-state index is 0.103. The van der Waals surface area contributed by atoms with Gasteiger partial charge in [-0.25, -0.2) is 4.79 Å². The van der Waals surface area contributed by atoms with Gasteiger partial charge in [-0.1, -0.05) is 0 Å². The summed E-state index contributed by atoms with van der Waals surface area (Å²) >= 11 is 0. The number of non-ortho nitro benzene ring substituents is 1. The van der Waals surface area contributed by atoms with Crippen LogP contribution in [0, 0.1) is 10.1 Å². The average molecular weight is 239 g/mol. The van der Waals surface area contributed by atoms with Gasteiger partial charge in [0.1, 0.15) is 0 Å². The molecule has 0 aliphatic rings. The third-order valence-corrected chi connectivity index (χ3v) is 2.31. The summed E-state index contributed by atoms with van der Waals surface area (Å²) in [5.74, 6) is -0.783. The van der Waals surface area contributed by atoms with Gasteiger partial charge in [-0.2, -0.15) is 0 Å². The zero-order valence-corrected chi connectivity index (χ0v) is 9.54. The Kier molecular flexibility index (Phi) is 3.80. The number of hydrogen-bond acceptors (Lipinski definition) is 5. The number of nitro benzene ring substituents is 1. The zero-order valence-electron chi connectivity index (χ0n) is 9.54. The second-order valence-electron chi connectivity index (χ2n) is 3.60. The Bertz CT molecular complexity index is 424. The van der Waals surface area contributed by atoms with Crippen LogP contribution in [0.25, 0.3) is 0 Å². The van der Waals surface area contributed by atoms with Crippen molar-refractivity contribution in [1.29, 1.82) is 0 Å². The van der Waals surface area contributed by atoms with Crippen LogP contribution in [0.1, 0.15) is 19.4 Å². The fourth-order valence-corrected chi connectivity index (χ4v) is 1.30. The lowest BCUT2D eigenvalue weighted by Crippen LogP contribution is -2.34. The van der Waals surface area contributed by atoms with Gasteiger partial charge in [0.15, 0.2) is 5.60 Å². The van der Waals surface area contributed by atoms with Crippen molar-refractivity contribution >= 4 is 11.7 Å². The van der Waals surface area contributed by atoms with E-state index in [1.807, 2.05) is 0 Å². The molecular weight excluding hydrogens is 226 g/mol. The molecule has 17 heavy (non-hydrogen) atoms. The van der Waals surface area contributed by atoms with Crippen LogP contribution in [-0.2, 0) is 15.1 Å². The number of rotatable bonds is 4. The molecule has 6 nitrogen and oxygen atoms in total. The third-order valence-electron chi connectivity index (χ3n) is 2.31. The quantitative estimate of drug-likeness (QED) is 0.486. The van der Waals surface area contributed by atoms with Crippen molar-refractivity contribution in [3.8, 4) is 0 Å². The predicted octanol–water partition coefficient (Wildman–Crippen LogP) is 1.37. The third kappa shape index (κ3) is 2.79. The Hall–Kier alpha value is -1.95. The average Bonchev–Trinajstić information content (AvgIpc) is 2.29. The normalized spacial score (nSPS) is 13.8. The monoisotopic (exact) mass is 239 g/mol. The SMILES string of the molecule is CCOC(=O)[C@@](C)(O)c1ccc([N+](=O)[O-])cc1. The second-order valence-corrected chi connectivity index (χ2v) is 3.60. The molecule has 1 aromatic rings. The molecule has 0 unspecified atom stereocenters. The van der Waals surface area contributed by atoms with Gasteiger partial charge in [-0.15, -0.1) is 0 Å². The second kappa shape index (κ2) is 4.92. The molecule has 0 aliphatic heterocycles. The highest BCUT2D eigenvalue weighted by atomic mass is 16.6. The number of ether oxygens (including phenoxy) is 1. The lowest BCUT2D eigenvalue weighted by molar-refractivity contribution is -0.384. The molecule has 0 aromatic heterocycles. The largest absolute Gasteiger partial charge is 0.464 e. The van der Waals surface area contributed by atoms with Gasteiger partial charge in [0.2, 0.25) is 0 Å². The van der Waals surface area contributed by atoms with Crippen LogP contribution in [0.15, 0.2) is 24.3 Å². The number of carbonyl (C=O) groups excluding carboxylic acids is 1. The van der Waals surface area contributed by atoms with E-state index in [2.05, 4.69) is 0 Å². The Labute approximate surface area is 98.0 Å². The van der Waals surface area contributed by atoms with E-state index in [1.54, 1.807) is 6.92 Å². The van der Waals surface area contributed by atoms with Crippen LogP contribution >= 0.6 is 0 Å². The Morgan fingerprint density at radius 2 is 2.00 bits per heavy atom. The molecule has 92 valence electrons. The van der Waals surface area contributed by atoms with E-state index >= 15 is 0 Å². The van der Waals surface area contributed by atoms with Gasteiger partial charge in [0.05, 0.1) is 11.5 Å². The predicted molar refractivity (Wildman–Crippen MR) is 59.3 cm³/mol. The molecule has 0 spiro atoms.